The van der Waals surface area contributed by atoms with E-state index in [-0.39, 0.29) is 12.4 Å². The van der Waals surface area contributed by atoms with Crippen LogP contribution in [0.5, 0.6) is 0 Å². The molecule has 1 aromatic heterocycles. The van der Waals surface area contributed by atoms with Gasteiger partial charge in [0.2, 0.25) is 0 Å². The highest BCUT2D eigenvalue weighted by atomic mass is 32.2. The molecule has 0 spiro atoms. The van der Waals surface area contributed by atoms with Gasteiger partial charge in [0.05, 0.1) is 17.1 Å². The van der Waals surface area contributed by atoms with Crippen molar-refractivity contribution in [2.24, 2.45) is 16.0 Å². The topological polar surface area (TPSA) is 126 Å². The molecule has 0 fully saturated rings. The normalized spacial score (nSPS) is 24.1. The molecule has 8 nitrogen and oxygen atoms in total. The summed E-state index contributed by atoms with van der Waals surface area (Å²) in [5.74, 6) is 0.201. The fraction of sp³-hybridized carbons (Fsp3) is 0.250. The van der Waals surface area contributed by atoms with Gasteiger partial charge in [0, 0.05) is 12.4 Å². The standard InChI is InChI=1S/C8H9N5O3S/c9-8(2-4-11-13-8)6-1-3-10-7(12-6)5-16-17(14)15/h1-4H,5,9H2,(H,14,15)/p-1. The average molecular weight is 254 g/mol. The van der Waals surface area contributed by atoms with Gasteiger partial charge in [0.15, 0.2) is 11.5 Å². The Bertz CT molecular complexity index is 492. The van der Waals surface area contributed by atoms with Crippen molar-refractivity contribution in [2.45, 2.75) is 12.3 Å². The van der Waals surface area contributed by atoms with Gasteiger partial charge < -0.3 is 4.55 Å². The Hall–Kier alpha value is -1.55. The van der Waals surface area contributed by atoms with Gasteiger partial charge in [-0.1, -0.05) is 0 Å². The third-order valence-corrected chi connectivity index (χ3v) is 2.33. The van der Waals surface area contributed by atoms with Crippen LogP contribution in [0.15, 0.2) is 34.8 Å². The largest absolute Gasteiger partial charge is 0.750 e. The zero-order chi connectivity index (χ0) is 12.3. The summed E-state index contributed by atoms with van der Waals surface area (Å²) in [4.78, 5) is 7.91. The van der Waals surface area contributed by atoms with E-state index in [1.54, 1.807) is 12.1 Å². The molecule has 0 radical (unpaired) electrons. The van der Waals surface area contributed by atoms with E-state index >= 15 is 0 Å². The summed E-state index contributed by atoms with van der Waals surface area (Å²) in [5.41, 5.74) is 5.21. The number of nitrogens with two attached hydrogens (primary N) is 1. The van der Waals surface area contributed by atoms with Gasteiger partial charge in [-0.3, -0.25) is 9.92 Å². The Labute approximate surface area is 99.1 Å². The van der Waals surface area contributed by atoms with Crippen molar-refractivity contribution < 1.29 is 12.9 Å². The highest BCUT2D eigenvalue weighted by Gasteiger charge is 2.28. The zero-order valence-corrected chi connectivity index (χ0v) is 9.33. The van der Waals surface area contributed by atoms with Crippen LogP contribution in [0.25, 0.3) is 0 Å². The quantitative estimate of drug-likeness (QED) is 0.746. The van der Waals surface area contributed by atoms with E-state index in [2.05, 4.69) is 24.4 Å². The van der Waals surface area contributed by atoms with Crippen molar-refractivity contribution in [3.63, 3.8) is 0 Å². The third-order valence-electron chi connectivity index (χ3n) is 2.02. The van der Waals surface area contributed by atoms with Crippen molar-refractivity contribution in [2.75, 3.05) is 0 Å². The molecule has 1 aliphatic heterocycles. The van der Waals surface area contributed by atoms with E-state index in [9.17, 15) is 8.76 Å². The molecule has 2 rings (SSSR count). The molecule has 90 valence electrons. The summed E-state index contributed by atoms with van der Waals surface area (Å²) in [6.07, 6.45) is 4.49. The van der Waals surface area contributed by atoms with Crippen molar-refractivity contribution in [3.8, 4) is 0 Å². The van der Waals surface area contributed by atoms with Crippen LogP contribution in [-0.4, -0.2) is 18.7 Å². The fourth-order valence-corrected chi connectivity index (χ4v) is 1.44. The molecular formula is C8H8N5O3S-. The van der Waals surface area contributed by atoms with Crippen LogP contribution in [0.2, 0.25) is 0 Å². The van der Waals surface area contributed by atoms with E-state index in [1.165, 1.54) is 12.4 Å². The molecule has 17 heavy (non-hydrogen) atoms. The van der Waals surface area contributed by atoms with Gasteiger partial charge in [0.25, 0.3) is 0 Å². The maximum absolute atomic E-state index is 10.2. The zero-order valence-electron chi connectivity index (χ0n) is 8.52. The number of aromatic nitrogens is 2. The summed E-state index contributed by atoms with van der Waals surface area (Å²) < 4.78 is 24.8. The molecule has 1 aliphatic rings. The first-order valence-corrected chi connectivity index (χ1v) is 5.54. The van der Waals surface area contributed by atoms with Gasteiger partial charge >= 0.3 is 0 Å². The summed E-state index contributed by atoms with van der Waals surface area (Å²) in [6.45, 7) is -0.249. The fourth-order valence-electron chi connectivity index (χ4n) is 1.24. The maximum atomic E-state index is 10.2. The van der Waals surface area contributed by atoms with Crippen LogP contribution < -0.4 is 5.73 Å². The minimum Gasteiger partial charge on any atom is -0.750 e. The molecule has 0 saturated heterocycles. The number of hydrogen-bond donors (Lipinski definition) is 1. The second-order valence-corrected chi connectivity index (χ2v) is 3.82. The van der Waals surface area contributed by atoms with Crippen LogP contribution in [0.3, 0.4) is 0 Å². The Kier molecular flexibility index (Phi) is 3.33. The van der Waals surface area contributed by atoms with Gasteiger partial charge in [-0.05, 0) is 12.1 Å². The Morgan fingerprint density at radius 2 is 2.41 bits per heavy atom. The lowest BCUT2D eigenvalue weighted by molar-refractivity contribution is 0.282. The Balaban J connectivity index is 2.20. The van der Waals surface area contributed by atoms with Crippen molar-refractivity contribution >= 4 is 11.4 Å². The van der Waals surface area contributed by atoms with Crippen molar-refractivity contribution in [1.82, 2.24) is 9.97 Å². The van der Waals surface area contributed by atoms with Crippen molar-refractivity contribution in [3.05, 3.63) is 36.1 Å². The molecule has 0 aliphatic carbocycles. The maximum Gasteiger partial charge on any atom is 0.192 e. The SMILES string of the molecule is NC1(c2ccnc(COS(=O)[O-])n2)C=CN=N1. The second kappa shape index (κ2) is 4.75. The minimum atomic E-state index is -2.60. The highest BCUT2D eigenvalue weighted by molar-refractivity contribution is 7.74. The summed E-state index contributed by atoms with van der Waals surface area (Å²) in [6, 6.07) is 1.58. The first-order valence-electron chi connectivity index (χ1n) is 4.54. The van der Waals surface area contributed by atoms with Crippen molar-refractivity contribution in [1.29, 1.82) is 0 Å². The predicted octanol–water partition coefficient (Wildman–Crippen LogP) is -0.122. The monoisotopic (exact) mass is 254 g/mol. The summed E-state index contributed by atoms with van der Waals surface area (Å²) in [5, 5.41) is 7.46. The van der Waals surface area contributed by atoms with Crippen LogP contribution >= 0.6 is 0 Å². The molecule has 2 unspecified atom stereocenters. The Morgan fingerprint density at radius 3 is 3.06 bits per heavy atom. The first-order chi connectivity index (χ1) is 8.10. The molecule has 0 bridgehead atoms. The van der Waals surface area contributed by atoms with E-state index in [0.717, 1.165) is 0 Å². The van der Waals surface area contributed by atoms with Crippen LogP contribution in [0.1, 0.15) is 11.5 Å². The molecule has 2 N–H and O–H groups in total. The minimum absolute atomic E-state index is 0.201. The smallest absolute Gasteiger partial charge is 0.192 e. The number of nitrogens with zero attached hydrogens (tertiary/aromatic N) is 4. The molecule has 9 heteroatoms. The van der Waals surface area contributed by atoms with Gasteiger partial charge in [-0.2, -0.15) is 10.2 Å². The second-order valence-electron chi connectivity index (χ2n) is 3.18. The molecule has 2 heterocycles. The lowest BCUT2D eigenvalue weighted by Crippen LogP contribution is -2.32. The molecule has 2 atom stereocenters. The van der Waals surface area contributed by atoms with E-state index in [0.29, 0.717) is 5.69 Å². The first kappa shape index (κ1) is 11.9. The van der Waals surface area contributed by atoms with E-state index in [4.69, 9.17) is 5.73 Å². The van der Waals surface area contributed by atoms with Crippen LogP contribution in [0, 0.1) is 0 Å². The molecule has 0 aromatic carbocycles. The van der Waals surface area contributed by atoms with Gasteiger partial charge in [-0.25, -0.2) is 14.2 Å². The predicted molar refractivity (Wildman–Crippen MR) is 55.6 cm³/mol. The van der Waals surface area contributed by atoms with E-state index in [1.807, 2.05) is 0 Å². The molecule has 0 amide bonds. The molecule has 1 aromatic rings. The number of rotatable bonds is 4. The summed E-state index contributed by atoms with van der Waals surface area (Å²) in [7, 11) is 0. The highest BCUT2D eigenvalue weighted by Crippen LogP contribution is 2.23. The average Bonchev–Trinajstić information content (AvgIpc) is 2.75. The van der Waals surface area contributed by atoms with Crippen LogP contribution in [-0.2, 0) is 27.8 Å². The Morgan fingerprint density at radius 1 is 1.59 bits per heavy atom. The molecule has 0 saturated carbocycles. The summed E-state index contributed by atoms with van der Waals surface area (Å²) >= 11 is -2.60. The van der Waals surface area contributed by atoms with Crippen LogP contribution in [0.4, 0.5) is 0 Å². The van der Waals surface area contributed by atoms with Gasteiger partial charge in [-0.15, -0.1) is 0 Å². The van der Waals surface area contributed by atoms with Gasteiger partial charge in [0.1, 0.15) is 6.61 Å². The lowest BCUT2D eigenvalue weighted by Gasteiger charge is -2.16. The number of azo groups is 1. The van der Waals surface area contributed by atoms with E-state index < -0.39 is 17.0 Å². The third kappa shape index (κ3) is 2.77. The number of hydrogen-bond acceptors (Lipinski definition) is 8. The molecular weight excluding hydrogens is 246 g/mol. The lowest BCUT2D eigenvalue weighted by atomic mass is 10.1.